The molecule has 0 spiro atoms. The van der Waals surface area contributed by atoms with Crippen LogP contribution in [0.3, 0.4) is 0 Å². The van der Waals surface area contributed by atoms with Crippen LogP contribution in [0, 0.1) is 0 Å². The van der Waals surface area contributed by atoms with Crippen LogP contribution in [0.5, 0.6) is 0 Å². The molecule has 0 saturated heterocycles. The van der Waals surface area contributed by atoms with Gasteiger partial charge in [0.05, 0.1) is 4.90 Å². The van der Waals surface area contributed by atoms with Crippen LogP contribution in [0.1, 0.15) is 45.1 Å². The summed E-state index contributed by atoms with van der Waals surface area (Å²) >= 11 is 0. The molecule has 0 radical (unpaired) electrons. The highest BCUT2D eigenvalue weighted by Crippen LogP contribution is 2.21. The Morgan fingerprint density at radius 2 is 1.86 bits per heavy atom. The molecular formula is C16H26N2O2S. The van der Waals surface area contributed by atoms with E-state index in [9.17, 15) is 8.42 Å². The summed E-state index contributed by atoms with van der Waals surface area (Å²) in [5, 5.41) is 3.42. The van der Waals surface area contributed by atoms with E-state index in [4.69, 9.17) is 0 Å². The maximum Gasteiger partial charge on any atom is 0.243 e. The van der Waals surface area contributed by atoms with Crippen molar-refractivity contribution in [3.8, 4) is 0 Å². The SMILES string of the molecule is CCCN(CCC)S(=O)(=O)c1cccc(CNC2CC2)c1. The van der Waals surface area contributed by atoms with E-state index in [0.29, 0.717) is 24.0 Å². The molecule has 0 atom stereocenters. The van der Waals surface area contributed by atoms with Gasteiger partial charge in [-0.1, -0.05) is 26.0 Å². The summed E-state index contributed by atoms with van der Waals surface area (Å²) in [4.78, 5) is 0.416. The third kappa shape index (κ3) is 4.53. The molecule has 1 aromatic rings. The van der Waals surface area contributed by atoms with Gasteiger partial charge in [-0.15, -0.1) is 0 Å². The first-order valence-electron chi connectivity index (χ1n) is 7.90. The third-order valence-corrected chi connectivity index (χ3v) is 5.55. The maximum atomic E-state index is 12.7. The van der Waals surface area contributed by atoms with Gasteiger partial charge in [0.2, 0.25) is 10.0 Å². The van der Waals surface area contributed by atoms with Crippen molar-refractivity contribution in [3.05, 3.63) is 29.8 Å². The Morgan fingerprint density at radius 1 is 1.19 bits per heavy atom. The molecule has 1 aliphatic rings. The fourth-order valence-corrected chi connectivity index (χ4v) is 4.06. The van der Waals surface area contributed by atoms with Crippen molar-refractivity contribution in [2.75, 3.05) is 13.1 Å². The molecule has 4 nitrogen and oxygen atoms in total. The van der Waals surface area contributed by atoms with E-state index < -0.39 is 10.0 Å². The van der Waals surface area contributed by atoms with Crippen LogP contribution in [0.4, 0.5) is 0 Å². The summed E-state index contributed by atoms with van der Waals surface area (Å²) in [7, 11) is -3.37. The summed E-state index contributed by atoms with van der Waals surface area (Å²) in [5.74, 6) is 0. The topological polar surface area (TPSA) is 49.4 Å². The van der Waals surface area contributed by atoms with Crippen LogP contribution in [-0.4, -0.2) is 31.9 Å². The second-order valence-corrected chi connectivity index (χ2v) is 7.64. The normalized spacial score (nSPS) is 15.6. The molecule has 1 N–H and O–H groups in total. The van der Waals surface area contributed by atoms with E-state index in [0.717, 1.165) is 24.9 Å². The van der Waals surface area contributed by atoms with Gasteiger partial charge in [-0.3, -0.25) is 0 Å². The van der Waals surface area contributed by atoms with Crippen molar-refractivity contribution in [2.24, 2.45) is 0 Å². The first-order valence-corrected chi connectivity index (χ1v) is 9.34. The zero-order valence-corrected chi connectivity index (χ0v) is 13.8. The minimum absolute atomic E-state index is 0.416. The van der Waals surface area contributed by atoms with Crippen LogP contribution >= 0.6 is 0 Å². The number of nitrogens with zero attached hydrogens (tertiary/aromatic N) is 1. The highest BCUT2D eigenvalue weighted by atomic mass is 32.2. The van der Waals surface area contributed by atoms with Crippen molar-refractivity contribution >= 4 is 10.0 Å². The van der Waals surface area contributed by atoms with Gasteiger partial charge in [0, 0.05) is 25.7 Å². The second kappa shape index (κ2) is 7.38. The zero-order valence-electron chi connectivity index (χ0n) is 13.0. The van der Waals surface area contributed by atoms with Crippen molar-refractivity contribution in [2.45, 2.75) is 57.0 Å². The summed E-state index contributed by atoms with van der Waals surface area (Å²) in [6.07, 6.45) is 4.14. The zero-order chi connectivity index (χ0) is 15.3. The standard InChI is InChI=1S/C16H26N2O2S/c1-3-10-18(11-4-2)21(19,20)16-7-5-6-14(12-16)13-17-15-8-9-15/h5-7,12,15,17H,3-4,8-11,13H2,1-2H3. The number of hydrogen-bond acceptors (Lipinski definition) is 3. The van der Waals surface area contributed by atoms with Crippen molar-refractivity contribution in [1.82, 2.24) is 9.62 Å². The number of hydrogen-bond donors (Lipinski definition) is 1. The highest BCUT2D eigenvalue weighted by molar-refractivity contribution is 7.89. The van der Waals surface area contributed by atoms with Crippen molar-refractivity contribution < 1.29 is 8.42 Å². The predicted molar refractivity (Wildman–Crippen MR) is 85.6 cm³/mol. The van der Waals surface area contributed by atoms with E-state index in [-0.39, 0.29) is 0 Å². The fraction of sp³-hybridized carbons (Fsp3) is 0.625. The van der Waals surface area contributed by atoms with E-state index in [2.05, 4.69) is 5.32 Å². The molecule has 0 amide bonds. The Hall–Kier alpha value is -0.910. The van der Waals surface area contributed by atoms with Gasteiger partial charge in [0.15, 0.2) is 0 Å². The lowest BCUT2D eigenvalue weighted by Crippen LogP contribution is -2.32. The number of rotatable bonds is 9. The van der Waals surface area contributed by atoms with E-state index in [1.165, 1.54) is 12.8 Å². The smallest absolute Gasteiger partial charge is 0.243 e. The lowest BCUT2D eigenvalue weighted by molar-refractivity contribution is 0.410. The summed E-state index contributed by atoms with van der Waals surface area (Å²) < 4.78 is 27.0. The molecule has 1 aliphatic carbocycles. The van der Waals surface area contributed by atoms with Gasteiger partial charge in [0.25, 0.3) is 0 Å². The van der Waals surface area contributed by atoms with Crippen LogP contribution in [0.25, 0.3) is 0 Å². The number of benzene rings is 1. The van der Waals surface area contributed by atoms with Gasteiger partial charge < -0.3 is 5.32 Å². The average Bonchev–Trinajstić information content (AvgIpc) is 3.29. The fourth-order valence-electron chi connectivity index (χ4n) is 2.37. The maximum absolute atomic E-state index is 12.7. The molecule has 1 aromatic carbocycles. The first kappa shape index (κ1) is 16.5. The van der Waals surface area contributed by atoms with Crippen molar-refractivity contribution in [1.29, 1.82) is 0 Å². The predicted octanol–water partition coefficient (Wildman–Crippen LogP) is 2.75. The van der Waals surface area contributed by atoms with E-state index >= 15 is 0 Å². The molecule has 2 rings (SSSR count). The minimum Gasteiger partial charge on any atom is -0.310 e. The van der Waals surface area contributed by atoms with E-state index in [1.807, 2.05) is 32.0 Å². The second-order valence-electron chi connectivity index (χ2n) is 5.71. The monoisotopic (exact) mass is 310 g/mol. The largest absolute Gasteiger partial charge is 0.310 e. The Labute approximate surface area is 128 Å². The van der Waals surface area contributed by atoms with Gasteiger partial charge >= 0.3 is 0 Å². The highest BCUT2D eigenvalue weighted by Gasteiger charge is 2.24. The van der Waals surface area contributed by atoms with Gasteiger partial charge in [-0.05, 0) is 43.4 Å². The van der Waals surface area contributed by atoms with Gasteiger partial charge in [0.1, 0.15) is 0 Å². The molecule has 5 heteroatoms. The molecule has 1 saturated carbocycles. The molecule has 118 valence electrons. The lowest BCUT2D eigenvalue weighted by atomic mass is 10.2. The molecule has 0 aliphatic heterocycles. The molecule has 0 heterocycles. The Bertz CT molecular complexity index is 547. The van der Waals surface area contributed by atoms with Crippen molar-refractivity contribution in [3.63, 3.8) is 0 Å². The molecular weight excluding hydrogens is 284 g/mol. The number of sulfonamides is 1. The van der Waals surface area contributed by atoms with Crippen LogP contribution in [0.2, 0.25) is 0 Å². The average molecular weight is 310 g/mol. The first-order chi connectivity index (χ1) is 10.1. The third-order valence-electron chi connectivity index (χ3n) is 3.65. The molecule has 0 bridgehead atoms. The molecule has 0 unspecified atom stereocenters. The van der Waals surface area contributed by atoms with Crippen LogP contribution in [-0.2, 0) is 16.6 Å². The summed E-state index contributed by atoms with van der Waals surface area (Å²) in [6, 6.07) is 7.96. The van der Waals surface area contributed by atoms with E-state index in [1.54, 1.807) is 10.4 Å². The Balaban J connectivity index is 2.14. The molecule has 21 heavy (non-hydrogen) atoms. The quantitative estimate of drug-likeness (QED) is 0.763. The Kier molecular flexibility index (Phi) is 5.79. The lowest BCUT2D eigenvalue weighted by Gasteiger charge is -2.21. The van der Waals surface area contributed by atoms with Crippen LogP contribution in [0.15, 0.2) is 29.2 Å². The summed E-state index contributed by atoms with van der Waals surface area (Å²) in [6.45, 7) is 5.93. The van der Waals surface area contributed by atoms with Gasteiger partial charge in [-0.2, -0.15) is 4.31 Å². The number of nitrogens with one attached hydrogen (secondary N) is 1. The molecule has 0 aromatic heterocycles. The minimum atomic E-state index is -3.37. The van der Waals surface area contributed by atoms with Crippen LogP contribution < -0.4 is 5.32 Å². The Morgan fingerprint density at radius 3 is 2.43 bits per heavy atom. The molecule has 1 fully saturated rings. The van der Waals surface area contributed by atoms with Gasteiger partial charge in [-0.25, -0.2) is 8.42 Å². The summed E-state index contributed by atoms with van der Waals surface area (Å²) in [5.41, 5.74) is 1.04.